The molecule has 1 unspecified atom stereocenters. The molecule has 1 heterocycles. The molecule has 1 aliphatic heterocycles. The molecule has 6 nitrogen and oxygen atoms in total. The van der Waals surface area contributed by atoms with Crippen LogP contribution in [0.15, 0.2) is 47.4 Å². The predicted molar refractivity (Wildman–Crippen MR) is 120 cm³/mol. The average Bonchev–Trinajstić information content (AvgIpc) is 3.15. The van der Waals surface area contributed by atoms with E-state index in [1.54, 1.807) is 23.1 Å². The summed E-state index contributed by atoms with van der Waals surface area (Å²) in [5.74, 6) is -0.0377. The van der Waals surface area contributed by atoms with Crippen LogP contribution in [0, 0.1) is 0 Å². The van der Waals surface area contributed by atoms with Crippen LogP contribution < -0.4 is 9.62 Å². The minimum atomic E-state index is -3.71. The number of hydrogen-bond donors (Lipinski definition) is 1. The maximum atomic E-state index is 13.0. The molecule has 2 aromatic rings. The van der Waals surface area contributed by atoms with E-state index < -0.39 is 10.0 Å². The first-order valence-electron chi connectivity index (χ1n) is 10.2. The van der Waals surface area contributed by atoms with Crippen LogP contribution >= 0.6 is 11.6 Å². The molecule has 1 atom stereocenters. The molecule has 1 amide bonds. The molecule has 0 radical (unpaired) electrons. The summed E-state index contributed by atoms with van der Waals surface area (Å²) in [6, 6.07) is 12.3. The summed E-state index contributed by atoms with van der Waals surface area (Å²) in [4.78, 5) is 15.8. The Morgan fingerprint density at radius 3 is 2.53 bits per heavy atom. The van der Waals surface area contributed by atoms with E-state index in [2.05, 4.69) is 9.62 Å². The third kappa shape index (κ3) is 4.70. The van der Waals surface area contributed by atoms with Gasteiger partial charge in [-0.1, -0.05) is 43.6 Å². The van der Waals surface area contributed by atoms with Gasteiger partial charge in [0.15, 0.2) is 0 Å². The Labute approximate surface area is 183 Å². The molecule has 8 heteroatoms. The van der Waals surface area contributed by atoms with Gasteiger partial charge in [0.2, 0.25) is 15.9 Å². The first kappa shape index (κ1) is 22.7. The predicted octanol–water partition coefficient (Wildman–Crippen LogP) is 3.61. The van der Waals surface area contributed by atoms with Crippen molar-refractivity contribution in [1.29, 1.82) is 0 Å². The highest BCUT2D eigenvalue weighted by atomic mass is 35.5. The van der Waals surface area contributed by atoms with E-state index in [-0.39, 0.29) is 23.4 Å². The number of carbonyl (C=O) groups is 1. The Kier molecular flexibility index (Phi) is 7.18. The number of benzene rings is 2. The SMILES string of the molecule is CCN(CC)C(CNS(=O)(=O)c1ccc2c(c1)CCN2C(C)=O)c1ccccc1Cl. The third-order valence-electron chi connectivity index (χ3n) is 5.62. The van der Waals surface area contributed by atoms with Crippen molar-refractivity contribution in [2.75, 3.05) is 31.1 Å². The minimum absolute atomic E-state index is 0.0377. The van der Waals surface area contributed by atoms with Gasteiger partial charge in [-0.15, -0.1) is 0 Å². The van der Waals surface area contributed by atoms with Gasteiger partial charge in [-0.05, 0) is 54.9 Å². The number of rotatable bonds is 8. The average molecular weight is 450 g/mol. The number of amides is 1. The van der Waals surface area contributed by atoms with Crippen molar-refractivity contribution in [1.82, 2.24) is 9.62 Å². The van der Waals surface area contributed by atoms with E-state index >= 15 is 0 Å². The summed E-state index contributed by atoms with van der Waals surface area (Å²) in [6.45, 7) is 7.94. The molecule has 1 N–H and O–H groups in total. The highest BCUT2D eigenvalue weighted by molar-refractivity contribution is 7.89. The second-order valence-electron chi connectivity index (χ2n) is 7.32. The van der Waals surface area contributed by atoms with Crippen molar-refractivity contribution in [3.63, 3.8) is 0 Å². The molecule has 0 fully saturated rings. The molecule has 0 aliphatic carbocycles. The van der Waals surface area contributed by atoms with E-state index in [0.29, 0.717) is 18.0 Å². The van der Waals surface area contributed by atoms with Crippen LogP contribution in [0.25, 0.3) is 0 Å². The monoisotopic (exact) mass is 449 g/mol. The van der Waals surface area contributed by atoms with E-state index in [4.69, 9.17) is 11.6 Å². The third-order valence-corrected chi connectivity index (χ3v) is 7.39. The van der Waals surface area contributed by atoms with Gasteiger partial charge in [-0.3, -0.25) is 9.69 Å². The van der Waals surface area contributed by atoms with Gasteiger partial charge in [0.05, 0.1) is 4.90 Å². The second-order valence-corrected chi connectivity index (χ2v) is 9.50. The number of sulfonamides is 1. The molecule has 0 saturated carbocycles. The minimum Gasteiger partial charge on any atom is -0.312 e. The lowest BCUT2D eigenvalue weighted by Crippen LogP contribution is -2.38. The van der Waals surface area contributed by atoms with Gasteiger partial charge in [-0.25, -0.2) is 13.1 Å². The lowest BCUT2D eigenvalue weighted by atomic mass is 10.1. The van der Waals surface area contributed by atoms with E-state index in [1.807, 2.05) is 38.1 Å². The normalized spacial score (nSPS) is 14.8. The van der Waals surface area contributed by atoms with E-state index in [9.17, 15) is 13.2 Å². The van der Waals surface area contributed by atoms with E-state index in [1.165, 1.54) is 6.92 Å². The molecule has 0 aromatic heterocycles. The van der Waals surface area contributed by atoms with Crippen molar-refractivity contribution in [2.45, 2.75) is 38.1 Å². The Hall–Kier alpha value is -1.93. The zero-order chi connectivity index (χ0) is 21.9. The van der Waals surface area contributed by atoms with Crippen molar-refractivity contribution < 1.29 is 13.2 Å². The quantitative estimate of drug-likeness (QED) is 0.668. The van der Waals surface area contributed by atoms with Gasteiger partial charge in [0.25, 0.3) is 0 Å². The smallest absolute Gasteiger partial charge is 0.240 e. The molecule has 2 aromatic carbocycles. The first-order chi connectivity index (χ1) is 14.3. The number of carbonyl (C=O) groups excluding carboxylic acids is 1. The fourth-order valence-corrected chi connectivity index (χ4v) is 5.34. The van der Waals surface area contributed by atoms with Crippen LogP contribution in [0.4, 0.5) is 5.69 Å². The molecule has 0 spiro atoms. The summed E-state index contributed by atoms with van der Waals surface area (Å²) >= 11 is 6.41. The number of nitrogens with one attached hydrogen (secondary N) is 1. The molecule has 1 aliphatic rings. The molecular weight excluding hydrogens is 422 g/mol. The fraction of sp³-hybridized carbons (Fsp3) is 0.409. The number of halogens is 1. The highest BCUT2D eigenvalue weighted by Crippen LogP contribution is 2.31. The van der Waals surface area contributed by atoms with Crippen LogP contribution in [0.3, 0.4) is 0 Å². The summed E-state index contributed by atoms with van der Waals surface area (Å²) in [6.07, 6.45) is 0.653. The van der Waals surface area contributed by atoms with Crippen LogP contribution in [-0.2, 0) is 21.2 Å². The Morgan fingerprint density at radius 1 is 1.20 bits per heavy atom. The topological polar surface area (TPSA) is 69.7 Å². The molecule has 0 saturated heterocycles. The van der Waals surface area contributed by atoms with Crippen LogP contribution in [0.1, 0.15) is 37.9 Å². The summed E-state index contributed by atoms with van der Waals surface area (Å²) in [5, 5.41) is 0.621. The maximum Gasteiger partial charge on any atom is 0.240 e. The zero-order valence-corrected chi connectivity index (χ0v) is 19.1. The Bertz CT molecular complexity index is 1020. The van der Waals surface area contributed by atoms with Crippen LogP contribution in [-0.4, -0.2) is 45.4 Å². The van der Waals surface area contributed by atoms with E-state index in [0.717, 1.165) is 29.9 Å². The van der Waals surface area contributed by atoms with Gasteiger partial charge >= 0.3 is 0 Å². The molecule has 162 valence electrons. The Morgan fingerprint density at radius 2 is 1.90 bits per heavy atom. The van der Waals surface area contributed by atoms with Crippen molar-refractivity contribution in [3.05, 3.63) is 58.6 Å². The first-order valence-corrected chi connectivity index (χ1v) is 12.0. The number of likely N-dealkylation sites (N-methyl/N-ethyl adjacent to an activating group) is 1. The largest absolute Gasteiger partial charge is 0.312 e. The van der Waals surface area contributed by atoms with Gasteiger partial charge in [0, 0.05) is 36.8 Å². The standard InChI is InChI=1S/C22H28ClN3O3S/c1-4-25(5-2)22(19-8-6-7-9-20(19)23)15-24-30(28,29)18-10-11-21-17(14-18)12-13-26(21)16(3)27/h6-11,14,22,24H,4-5,12-13,15H2,1-3H3. The Balaban J connectivity index is 1.83. The number of nitrogens with zero attached hydrogens (tertiary/aromatic N) is 2. The van der Waals surface area contributed by atoms with Crippen molar-refractivity contribution in [3.8, 4) is 0 Å². The maximum absolute atomic E-state index is 13.0. The van der Waals surface area contributed by atoms with Crippen LogP contribution in [0.5, 0.6) is 0 Å². The number of anilines is 1. The molecule has 0 bridgehead atoms. The van der Waals surface area contributed by atoms with Crippen molar-refractivity contribution >= 4 is 33.2 Å². The highest BCUT2D eigenvalue weighted by Gasteiger charge is 2.26. The molecular formula is C22H28ClN3O3S. The number of fused-ring (bicyclic) bond motifs is 1. The van der Waals surface area contributed by atoms with Gasteiger partial charge in [-0.2, -0.15) is 0 Å². The number of hydrogen-bond acceptors (Lipinski definition) is 4. The molecule has 30 heavy (non-hydrogen) atoms. The fourth-order valence-electron chi connectivity index (χ4n) is 3.99. The lowest BCUT2D eigenvalue weighted by Gasteiger charge is -2.30. The van der Waals surface area contributed by atoms with Crippen molar-refractivity contribution in [2.24, 2.45) is 0 Å². The molecule has 3 rings (SSSR count). The van der Waals surface area contributed by atoms with Crippen LogP contribution in [0.2, 0.25) is 5.02 Å². The summed E-state index contributed by atoms with van der Waals surface area (Å²) in [7, 11) is -3.71. The zero-order valence-electron chi connectivity index (χ0n) is 17.6. The summed E-state index contributed by atoms with van der Waals surface area (Å²) < 4.78 is 28.8. The van der Waals surface area contributed by atoms with Gasteiger partial charge in [0.1, 0.15) is 0 Å². The lowest BCUT2D eigenvalue weighted by molar-refractivity contribution is -0.116. The van der Waals surface area contributed by atoms with Gasteiger partial charge < -0.3 is 4.90 Å². The second kappa shape index (κ2) is 9.47. The summed E-state index contributed by atoms with van der Waals surface area (Å²) in [5.41, 5.74) is 2.56.